The highest BCUT2D eigenvalue weighted by Crippen LogP contribution is 2.37. The Morgan fingerprint density at radius 1 is 1.11 bits per heavy atom. The third-order valence-corrected chi connectivity index (χ3v) is 7.80. The molecule has 2 heterocycles. The van der Waals surface area contributed by atoms with E-state index in [9.17, 15) is 24.5 Å². The van der Waals surface area contributed by atoms with Crippen molar-refractivity contribution in [1.82, 2.24) is 10.3 Å². The third-order valence-electron chi connectivity index (χ3n) is 5.64. The first-order chi connectivity index (χ1) is 17.3. The number of benzene rings is 3. The molecule has 0 spiro atoms. The zero-order valence-electron chi connectivity index (χ0n) is 18.9. The lowest BCUT2D eigenvalue weighted by Gasteiger charge is -2.13. The Kier molecular flexibility index (Phi) is 6.25. The van der Waals surface area contributed by atoms with Crippen LogP contribution in [0.3, 0.4) is 0 Å². The molecule has 1 aliphatic rings. The highest BCUT2D eigenvalue weighted by molar-refractivity contribution is 8.01. The van der Waals surface area contributed by atoms with Gasteiger partial charge in [0.05, 0.1) is 32.1 Å². The second-order valence-electron chi connectivity index (χ2n) is 8.09. The number of hydrogen-bond donors (Lipinski definition) is 1. The van der Waals surface area contributed by atoms with Crippen molar-refractivity contribution in [2.24, 2.45) is 0 Å². The van der Waals surface area contributed by atoms with Gasteiger partial charge in [0.15, 0.2) is 4.34 Å². The number of thiazole rings is 1. The molecule has 0 unspecified atom stereocenters. The molecule has 5 rings (SSSR count). The van der Waals surface area contributed by atoms with Crippen LogP contribution in [0.2, 0.25) is 0 Å². The van der Waals surface area contributed by atoms with Gasteiger partial charge in [-0.1, -0.05) is 47.7 Å². The van der Waals surface area contributed by atoms with E-state index in [1.807, 2.05) is 31.2 Å². The molecule has 0 fully saturated rings. The highest BCUT2D eigenvalue weighted by atomic mass is 32.2. The lowest BCUT2D eigenvalue weighted by molar-refractivity contribution is -0.385. The first kappa shape index (κ1) is 23.6. The lowest BCUT2D eigenvalue weighted by atomic mass is 10.1. The van der Waals surface area contributed by atoms with Crippen molar-refractivity contribution < 1.29 is 19.3 Å². The zero-order valence-corrected chi connectivity index (χ0v) is 20.5. The van der Waals surface area contributed by atoms with Crippen molar-refractivity contribution in [3.05, 3.63) is 93.0 Å². The summed E-state index contributed by atoms with van der Waals surface area (Å²) >= 11 is 2.64. The van der Waals surface area contributed by atoms with Gasteiger partial charge >= 0.3 is 0 Å². The molecule has 0 bridgehead atoms. The normalized spacial score (nSPS) is 12.8. The fourth-order valence-electron chi connectivity index (χ4n) is 3.83. The first-order valence-corrected chi connectivity index (χ1v) is 12.6. The number of rotatable bonds is 7. The Morgan fingerprint density at radius 2 is 1.89 bits per heavy atom. The molecular formula is C25H18N4O5S2. The molecule has 1 aliphatic heterocycles. The van der Waals surface area contributed by atoms with Crippen LogP contribution in [-0.4, -0.2) is 33.4 Å². The van der Waals surface area contributed by atoms with Crippen molar-refractivity contribution in [3.8, 4) is 0 Å². The monoisotopic (exact) mass is 518 g/mol. The SMILES string of the molecule is Cc1ccc(CNC(=O)CSc2nc3ccc(N4C(=O)c5cccc([N+](=O)[O-])c5C4=O)cc3s2)cc1. The number of nitro groups is 1. The molecule has 9 nitrogen and oxygen atoms in total. The fourth-order valence-corrected chi connectivity index (χ4v) is 5.76. The van der Waals surface area contributed by atoms with Crippen LogP contribution >= 0.6 is 23.1 Å². The number of aromatic nitrogens is 1. The predicted octanol–water partition coefficient (Wildman–Crippen LogP) is 4.72. The summed E-state index contributed by atoms with van der Waals surface area (Å²) < 4.78 is 1.40. The van der Waals surface area contributed by atoms with E-state index in [1.165, 1.54) is 41.3 Å². The molecule has 1 N–H and O–H groups in total. The van der Waals surface area contributed by atoms with Gasteiger partial charge in [-0.25, -0.2) is 9.88 Å². The number of anilines is 1. The number of amides is 3. The van der Waals surface area contributed by atoms with Gasteiger partial charge < -0.3 is 5.32 Å². The molecule has 0 radical (unpaired) electrons. The molecule has 1 aromatic heterocycles. The van der Waals surface area contributed by atoms with E-state index in [1.54, 1.807) is 18.2 Å². The van der Waals surface area contributed by atoms with Crippen molar-refractivity contribution in [3.63, 3.8) is 0 Å². The average molecular weight is 519 g/mol. The molecule has 0 atom stereocenters. The van der Waals surface area contributed by atoms with Gasteiger partial charge in [-0.2, -0.15) is 0 Å². The molecule has 36 heavy (non-hydrogen) atoms. The summed E-state index contributed by atoms with van der Waals surface area (Å²) in [6.07, 6.45) is 0. The second kappa shape index (κ2) is 9.51. The number of imide groups is 1. The molecule has 0 saturated heterocycles. The number of hydrogen-bond acceptors (Lipinski definition) is 8. The van der Waals surface area contributed by atoms with Crippen molar-refractivity contribution >= 4 is 62.4 Å². The summed E-state index contributed by atoms with van der Waals surface area (Å²) in [6.45, 7) is 2.45. The minimum Gasteiger partial charge on any atom is -0.351 e. The maximum atomic E-state index is 13.0. The van der Waals surface area contributed by atoms with Gasteiger partial charge in [0.25, 0.3) is 17.5 Å². The maximum Gasteiger partial charge on any atom is 0.283 e. The number of carbonyl (C=O) groups is 3. The van der Waals surface area contributed by atoms with E-state index in [0.717, 1.165) is 20.7 Å². The zero-order chi connectivity index (χ0) is 25.4. The minimum atomic E-state index is -0.731. The Balaban J connectivity index is 1.29. The second-order valence-corrected chi connectivity index (χ2v) is 10.3. The van der Waals surface area contributed by atoms with E-state index >= 15 is 0 Å². The van der Waals surface area contributed by atoms with Gasteiger partial charge in [-0.05, 0) is 36.8 Å². The van der Waals surface area contributed by atoms with E-state index in [-0.39, 0.29) is 22.8 Å². The van der Waals surface area contributed by atoms with E-state index in [4.69, 9.17) is 0 Å². The minimum absolute atomic E-state index is 0.00601. The molecular weight excluding hydrogens is 500 g/mol. The quantitative estimate of drug-likeness (QED) is 0.162. The molecule has 3 aromatic carbocycles. The predicted molar refractivity (Wildman–Crippen MR) is 138 cm³/mol. The van der Waals surface area contributed by atoms with Crippen LogP contribution in [0.4, 0.5) is 11.4 Å². The highest BCUT2D eigenvalue weighted by Gasteiger charge is 2.41. The first-order valence-electron chi connectivity index (χ1n) is 10.8. The van der Waals surface area contributed by atoms with Gasteiger partial charge in [-0.15, -0.1) is 11.3 Å². The van der Waals surface area contributed by atoms with Crippen LogP contribution in [0.5, 0.6) is 0 Å². The maximum absolute atomic E-state index is 13.0. The van der Waals surface area contributed by atoms with Crippen molar-refractivity contribution in [2.45, 2.75) is 17.8 Å². The van der Waals surface area contributed by atoms with Gasteiger partial charge in [0, 0.05) is 12.6 Å². The fraction of sp³-hybridized carbons (Fsp3) is 0.120. The number of carbonyl (C=O) groups excluding carboxylic acids is 3. The van der Waals surface area contributed by atoms with Crippen LogP contribution in [0.15, 0.2) is 65.0 Å². The summed E-state index contributed by atoms with van der Waals surface area (Å²) in [4.78, 5) is 54.3. The van der Waals surface area contributed by atoms with Crippen LogP contribution in [0, 0.1) is 17.0 Å². The smallest absolute Gasteiger partial charge is 0.283 e. The molecule has 11 heteroatoms. The van der Waals surface area contributed by atoms with Gasteiger partial charge in [0.1, 0.15) is 5.56 Å². The molecule has 4 aromatic rings. The van der Waals surface area contributed by atoms with E-state index in [0.29, 0.717) is 22.1 Å². The average Bonchev–Trinajstić information content (AvgIpc) is 3.39. The lowest BCUT2D eigenvalue weighted by Crippen LogP contribution is -2.29. The number of aryl methyl sites for hydroxylation is 1. The summed E-state index contributed by atoms with van der Waals surface area (Å²) in [5, 5.41) is 14.2. The molecule has 180 valence electrons. The summed E-state index contributed by atoms with van der Waals surface area (Å²) in [5.41, 5.74) is 2.55. The standard InChI is InChI=1S/C25H18N4O5S2/c1-14-5-7-15(8-6-14)12-26-21(30)13-35-25-27-18-10-9-16(11-20(18)36-25)28-23(31)17-3-2-4-19(29(33)34)22(17)24(28)32/h2-11H,12-13H2,1H3,(H,26,30). The van der Waals surface area contributed by atoms with E-state index < -0.39 is 22.4 Å². The molecule has 0 aliphatic carbocycles. The van der Waals surface area contributed by atoms with Crippen LogP contribution in [0.1, 0.15) is 31.8 Å². The summed E-state index contributed by atoms with van der Waals surface area (Å²) in [5.74, 6) is -1.26. The van der Waals surface area contributed by atoms with E-state index in [2.05, 4.69) is 10.3 Å². The number of nitrogens with zero attached hydrogens (tertiary/aromatic N) is 3. The van der Waals surface area contributed by atoms with Crippen molar-refractivity contribution in [1.29, 1.82) is 0 Å². The summed E-state index contributed by atoms with van der Waals surface area (Å²) in [7, 11) is 0. The van der Waals surface area contributed by atoms with Gasteiger partial charge in [-0.3, -0.25) is 24.5 Å². The van der Waals surface area contributed by atoms with Crippen molar-refractivity contribution in [2.75, 3.05) is 10.7 Å². The largest absolute Gasteiger partial charge is 0.351 e. The topological polar surface area (TPSA) is 123 Å². The Morgan fingerprint density at radius 3 is 2.64 bits per heavy atom. The van der Waals surface area contributed by atoms with Gasteiger partial charge in [0.2, 0.25) is 5.91 Å². The van der Waals surface area contributed by atoms with Crippen LogP contribution in [0.25, 0.3) is 10.2 Å². The molecule has 3 amide bonds. The number of thioether (sulfide) groups is 1. The number of nitrogens with one attached hydrogen (secondary N) is 1. The Bertz CT molecular complexity index is 1550. The van der Waals surface area contributed by atoms with Crippen LogP contribution in [-0.2, 0) is 11.3 Å². The Hall–Kier alpha value is -4.09. The molecule has 0 saturated carbocycles. The Labute approximate surface area is 213 Å². The summed E-state index contributed by atoms with van der Waals surface area (Å²) in [6, 6.07) is 16.9. The number of nitro benzene ring substituents is 1. The van der Waals surface area contributed by atoms with Crippen LogP contribution < -0.4 is 10.2 Å². The third kappa shape index (κ3) is 4.45. The number of fused-ring (bicyclic) bond motifs is 2.